The third kappa shape index (κ3) is 11.2. The summed E-state index contributed by atoms with van der Waals surface area (Å²) >= 11 is 0. The molecule has 0 aromatic rings. The van der Waals surface area contributed by atoms with E-state index in [1.807, 2.05) is 13.8 Å². The summed E-state index contributed by atoms with van der Waals surface area (Å²) in [6.45, 7) is 9.12. The van der Waals surface area contributed by atoms with Crippen LogP contribution in [0, 0.1) is 50.2 Å². The Balaban J connectivity index is 0.863. The quantitative estimate of drug-likeness (QED) is 0.0451. The second kappa shape index (κ2) is 25.2. The van der Waals surface area contributed by atoms with Crippen LogP contribution in [-0.2, 0) is 61.7 Å². The Labute approximate surface area is 504 Å². The molecule has 5 heterocycles. The molecule has 5 aliphatic carbocycles. The normalized spacial score (nSPS) is 54.4. The molecule has 28 heteroatoms. The van der Waals surface area contributed by atoms with E-state index in [0.29, 0.717) is 51.4 Å². The maximum absolute atomic E-state index is 14.9. The molecule has 0 bridgehead atoms. The van der Waals surface area contributed by atoms with Crippen LogP contribution in [0.25, 0.3) is 0 Å². The van der Waals surface area contributed by atoms with Crippen molar-refractivity contribution in [2.24, 2.45) is 50.2 Å². The van der Waals surface area contributed by atoms with Crippen LogP contribution >= 0.6 is 0 Å². The minimum absolute atomic E-state index is 0.0268. The fourth-order valence-electron chi connectivity index (χ4n) is 17.6. The Morgan fingerprint density at radius 2 is 1.14 bits per heavy atom. The van der Waals surface area contributed by atoms with Crippen molar-refractivity contribution in [1.82, 2.24) is 0 Å². The standard InChI is InChI=1S/C59H94O28/c1-24-34(65)38(69)41(72)48(80-24)85-46-40(71)37(68)30(20-61)82-51(46)86-45-35(66)27(63)21-79-50(45)84-44-28(64)22-78-47(43(44)74)83-33-11-12-55(3)31(56(33,4)23-62)10-13-58(6)32(55)9-8-25-26-18-54(2,52(75)77-7)14-16-59(26,17-15-57(25,58)5)53(76)87-49-42(73)39(70)36(67)29(19-60)81-49/h8,24,26-51,60-74H,9-23H2,1-7H3. The molecule has 0 amide bonds. The van der Waals surface area contributed by atoms with Gasteiger partial charge in [-0.2, -0.15) is 0 Å². The first-order valence-electron chi connectivity index (χ1n) is 30.7. The second-order valence-electron chi connectivity index (χ2n) is 27.9. The van der Waals surface area contributed by atoms with E-state index in [2.05, 4.69) is 26.8 Å². The van der Waals surface area contributed by atoms with Crippen molar-refractivity contribution in [2.75, 3.05) is 40.1 Å². The number of fused-ring (bicyclic) bond motifs is 7. The highest BCUT2D eigenvalue weighted by molar-refractivity contribution is 5.81. The predicted molar refractivity (Wildman–Crippen MR) is 290 cm³/mol. The van der Waals surface area contributed by atoms with E-state index in [4.69, 9.17) is 52.1 Å². The van der Waals surface area contributed by atoms with Crippen molar-refractivity contribution < 1.29 is 138 Å². The third-order valence-corrected chi connectivity index (χ3v) is 23.3. The summed E-state index contributed by atoms with van der Waals surface area (Å²) in [6.07, 6.45) is -32.5. The van der Waals surface area contributed by atoms with E-state index in [1.165, 1.54) is 14.0 Å². The lowest BCUT2D eigenvalue weighted by molar-refractivity contribution is -0.395. The summed E-state index contributed by atoms with van der Waals surface area (Å²) < 4.78 is 65.0. The molecule has 5 aliphatic heterocycles. The first-order valence-corrected chi connectivity index (χ1v) is 30.7. The molecule has 10 rings (SSSR count). The molecule has 15 N–H and O–H groups in total. The van der Waals surface area contributed by atoms with Gasteiger partial charge in [0.05, 0.1) is 63.2 Å². The highest BCUT2D eigenvalue weighted by Gasteiger charge is 2.71. The molecule has 0 spiro atoms. The zero-order valence-corrected chi connectivity index (χ0v) is 50.3. The molecule has 10 aliphatic rings. The summed E-state index contributed by atoms with van der Waals surface area (Å²) in [5, 5.41) is 163. The molecule has 87 heavy (non-hydrogen) atoms. The fraction of sp³-hybridized carbons (Fsp3) is 0.932. The Morgan fingerprint density at radius 1 is 0.552 bits per heavy atom. The number of aliphatic hydroxyl groups is 15. The van der Waals surface area contributed by atoms with Crippen molar-refractivity contribution in [3.05, 3.63) is 11.6 Å². The second-order valence-corrected chi connectivity index (χ2v) is 27.9. The van der Waals surface area contributed by atoms with Crippen molar-refractivity contribution in [3.63, 3.8) is 0 Å². The first kappa shape index (κ1) is 67.6. The molecule has 5 saturated heterocycles. The van der Waals surface area contributed by atoms with E-state index in [-0.39, 0.29) is 31.3 Å². The van der Waals surface area contributed by atoms with E-state index in [0.717, 1.165) is 5.57 Å². The van der Waals surface area contributed by atoms with Crippen molar-refractivity contribution >= 4 is 11.9 Å². The fourth-order valence-corrected chi connectivity index (χ4v) is 17.6. The largest absolute Gasteiger partial charge is 0.469 e. The monoisotopic (exact) mass is 1250 g/mol. The molecule has 33 atom stereocenters. The molecular weight excluding hydrogens is 1160 g/mol. The van der Waals surface area contributed by atoms with Gasteiger partial charge < -0.3 is 129 Å². The summed E-state index contributed by atoms with van der Waals surface area (Å²) in [7, 11) is 1.34. The van der Waals surface area contributed by atoms with Gasteiger partial charge in [-0.1, -0.05) is 39.3 Å². The van der Waals surface area contributed by atoms with Gasteiger partial charge in [0.1, 0.15) is 104 Å². The van der Waals surface area contributed by atoms with Gasteiger partial charge in [0.15, 0.2) is 25.2 Å². The number of ether oxygens (including phenoxy) is 11. The van der Waals surface area contributed by atoms with Crippen molar-refractivity contribution in [2.45, 2.75) is 253 Å². The van der Waals surface area contributed by atoms with Crippen LogP contribution in [0.2, 0.25) is 0 Å². The molecule has 0 radical (unpaired) electrons. The van der Waals surface area contributed by atoms with Gasteiger partial charge >= 0.3 is 11.9 Å². The first-order chi connectivity index (χ1) is 40.9. The minimum atomic E-state index is -1.95. The Bertz CT molecular complexity index is 2460. The van der Waals surface area contributed by atoms with E-state index in [9.17, 15) is 86.2 Å². The van der Waals surface area contributed by atoms with E-state index >= 15 is 0 Å². The number of methoxy groups -OCH3 is 1. The highest BCUT2D eigenvalue weighted by atomic mass is 16.8. The lowest BCUT2D eigenvalue weighted by Gasteiger charge is -2.71. The van der Waals surface area contributed by atoms with Gasteiger partial charge in [-0.25, -0.2) is 0 Å². The van der Waals surface area contributed by atoms with Crippen LogP contribution in [-0.4, -0.2) is 276 Å². The van der Waals surface area contributed by atoms with Crippen LogP contribution in [0.3, 0.4) is 0 Å². The number of aliphatic hydroxyl groups excluding tert-OH is 15. The summed E-state index contributed by atoms with van der Waals surface area (Å²) in [6, 6.07) is 0. The van der Waals surface area contributed by atoms with Crippen LogP contribution in [0.4, 0.5) is 0 Å². The van der Waals surface area contributed by atoms with Gasteiger partial charge in [0.2, 0.25) is 6.29 Å². The minimum Gasteiger partial charge on any atom is -0.469 e. The molecular formula is C59H94O28. The highest BCUT2D eigenvalue weighted by Crippen LogP contribution is 2.76. The van der Waals surface area contributed by atoms with Crippen LogP contribution < -0.4 is 0 Å². The van der Waals surface area contributed by atoms with Gasteiger partial charge in [0, 0.05) is 5.41 Å². The molecule has 33 unspecified atom stereocenters. The average Bonchev–Trinajstić information content (AvgIpc) is 0.685. The lowest BCUT2D eigenvalue weighted by Crippen LogP contribution is -2.67. The summed E-state index contributed by atoms with van der Waals surface area (Å²) in [5.41, 5.74) is -3.41. The maximum Gasteiger partial charge on any atom is 0.315 e. The Morgan fingerprint density at radius 3 is 1.80 bits per heavy atom. The summed E-state index contributed by atoms with van der Waals surface area (Å²) in [5.74, 6) is -1.74. The number of esters is 2. The topological polar surface area (TPSA) is 439 Å². The van der Waals surface area contributed by atoms with Gasteiger partial charge in [-0.15, -0.1) is 0 Å². The van der Waals surface area contributed by atoms with E-state index in [1.54, 1.807) is 0 Å². The molecule has 9 fully saturated rings. The number of carbonyl (C=O) groups is 2. The maximum atomic E-state index is 14.9. The number of allylic oxidation sites excluding steroid dienone is 2. The Kier molecular flexibility index (Phi) is 19.6. The van der Waals surface area contributed by atoms with Crippen molar-refractivity contribution in [1.29, 1.82) is 0 Å². The zero-order valence-electron chi connectivity index (χ0n) is 50.3. The number of rotatable bonds is 14. The molecule has 4 saturated carbocycles. The van der Waals surface area contributed by atoms with Crippen LogP contribution in [0.1, 0.15) is 106 Å². The molecule has 28 nitrogen and oxygen atoms in total. The van der Waals surface area contributed by atoms with Crippen molar-refractivity contribution in [3.8, 4) is 0 Å². The molecule has 498 valence electrons. The molecule has 0 aromatic heterocycles. The SMILES string of the molecule is COC(=O)C1(C)CCC2(C(=O)OC3OC(CO)C(O)C(O)C3O)CCC3(C)C(=CCC4C5(C)CCC(OC6OCC(O)C(OC7OCC(O)C(O)C7OC7OC(CO)C(O)C(O)C7OC7OC(C)C(O)C(O)C7O)C6O)C(C)(CO)C5CCC43C)C2C1. The van der Waals surface area contributed by atoms with E-state index < -0.39 is 224 Å². The summed E-state index contributed by atoms with van der Waals surface area (Å²) in [4.78, 5) is 28.5. The number of hydrogen-bond acceptors (Lipinski definition) is 28. The van der Waals surface area contributed by atoms with Gasteiger partial charge in [-0.05, 0) is 112 Å². The number of hydrogen-bond donors (Lipinski definition) is 15. The van der Waals surface area contributed by atoms with Gasteiger partial charge in [-0.3, -0.25) is 9.59 Å². The third-order valence-electron chi connectivity index (χ3n) is 23.3. The number of carbonyl (C=O) groups excluding carboxylic acids is 2. The zero-order chi connectivity index (χ0) is 63.4. The predicted octanol–water partition coefficient (Wildman–Crippen LogP) is -3.78. The molecule has 0 aromatic carbocycles. The lowest BCUT2D eigenvalue weighted by atomic mass is 9.33. The smallest absolute Gasteiger partial charge is 0.315 e. The van der Waals surface area contributed by atoms with Crippen LogP contribution in [0.5, 0.6) is 0 Å². The average molecular weight is 1250 g/mol. The Hall–Kier alpha value is -2.28. The van der Waals surface area contributed by atoms with Gasteiger partial charge in [0.25, 0.3) is 0 Å². The van der Waals surface area contributed by atoms with Crippen LogP contribution in [0.15, 0.2) is 11.6 Å².